The molecule has 12 atom stereocenters. The molecule has 0 bridgehead atoms. The van der Waals surface area contributed by atoms with E-state index in [0.717, 1.165) is 51.4 Å². The molecule has 0 aromatic carbocycles. The van der Waals surface area contributed by atoms with Crippen LogP contribution in [0.25, 0.3) is 0 Å². The van der Waals surface area contributed by atoms with Gasteiger partial charge in [0, 0.05) is 11.8 Å². The number of hydrogen-bond donors (Lipinski definition) is 4. The third kappa shape index (κ3) is 3.58. The van der Waals surface area contributed by atoms with Crippen LogP contribution in [0, 0.1) is 28.6 Å². The van der Waals surface area contributed by atoms with E-state index in [1.54, 1.807) is 6.92 Å². The van der Waals surface area contributed by atoms with Gasteiger partial charge in [-0.15, -0.1) is 0 Å². The smallest absolute Gasteiger partial charge is 0.161 e. The van der Waals surface area contributed by atoms with Gasteiger partial charge < -0.3 is 29.9 Å². The normalized spacial score (nSPS) is 55.2. The summed E-state index contributed by atoms with van der Waals surface area (Å²) in [6.45, 7) is 8.40. The van der Waals surface area contributed by atoms with Gasteiger partial charge in [-0.05, 0) is 88.4 Å². The molecule has 6 heteroatoms. The van der Waals surface area contributed by atoms with Crippen LogP contribution >= 0.6 is 0 Å². The Morgan fingerprint density at radius 1 is 1.06 bits per heavy atom. The minimum atomic E-state index is -0.941. The molecule has 1 heterocycles. The molecule has 188 valence electrons. The summed E-state index contributed by atoms with van der Waals surface area (Å²) in [7, 11) is 0. The average molecular weight is 465 g/mol. The zero-order valence-electron chi connectivity index (χ0n) is 20.7. The lowest BCUT2D eigenvalue weighted by molar-refractivity contribution is -0.288. The Kier molecular flexibility index (Phi) is 6.07. The van der Waals surface area contributed by atoms with Crippen LogP contribution in [0.5, 0.6) is 0 Å². The molecule has 0 amide bonds. The summed E-state index contributed by atoms with van der Waals surface area (Å²) in [5, 5.41) is 42.5. The number of aliphatic hydroxyl groups is 4. The molecular weight excluding hydrogens is 420 g/mol. The Morgan fingerprint density at radius 2 is 1.79 bits per heavy atom. The first-order valence-corrected chi connectivity index (χ1v) is 13.3. The van der Waals surface area contributed by atoms with Crippen molar-refractivity contribution >= 4 is 0 Å². The van der Waals surface area contributed by atoms with Crippen LogP contribution < -0.4 is 0 Å². The Morgan fingerprint density at radius 3 is 2.52 bits per heavy atom. The number of allylic oxidation sites excluding steroid dienone is 1. The molecule has 0 aromatic rings. The van der Waals surface area contributed by atoms with E-state index in [9.17, 15) is 20.4 Å². The maximum atomic E-state index is 12.1. The van der Waals surface area contributed by atoms with E-state index in [1.807, 2.05) is 6.92 Å². The average Bonchev–Trinajstić information content (AvgIpc) is 3.04. The van der Waals surface area contributed by atoms with Crippen molar-refractivity contribution < 1.29 is 29.9 Å². The summed E-state index contributed by atoms with van der Waals surface area (Å²) in [6, 6.07) is 0. The van der Waals surface area contributed by atoms with Gasteiger partial charge >= 0.3 is 0 Å². The summed E-state index contributed by atoms with van der Waals surface area (Å²) >= 11 is 0. The lowest BCUT2D eigenvalue weighted by Crippen LogP contribution is -2.59. The largest absolute Gasteiger partial charge is 0.393 e. The van der Waals surface area contributed by atoms with Gasteiger partial charge in [0.15, 0.2) is 6.29 Å². The molecule has 3 saturated carbocycles. The second-order valence-corrected chi connectivity index (χ2v) is 12.4. The molecule has 4 N–H and O–H groups in total. The van der Waals surface area contributed by atoms with E-state index in [1.165, 1.54) is 5.57 Å². The Labute approximate surface area is 198 Å². The molecule has 0 spiro atoms. The molecule has 5 rings (SSSR count). The standard InChI is InChI=1S/C27H44O6/c1-15-24(30)22(29)14-23(32-15)33-16(2)27(31)12-9-21-19-6-5-17-13-18(28)7-10-25(17,3)20(19)8-11-26(21,27)4/h5,15-16,18-24,28-31H,6-14H2,1-4H3/t15-,16+,18+,19-,20+,21+,22-,23-,24-,25+,26+,27+/m1/s1. The van der Waals surface area contributed by atoms with Crippen molar-refractivity contribution in [2.75, 3.05) is 0 Å². The lowest BCUT2D eigenvalue weighted by atomic mass is 9.46. The van der Waals surface area contributed by atoms with Gasteiger partial charge in [0.25, 0.3) is 0 Å². The van der Waals surface area contributed by atoms with Crippen molar-refractivity contribution in [1.29, 1.82) is 0 Å². The summed E-state index contributed by atoms with van der Waals surface area (Å²) < 4.78 is 12.1. The fourth-order valence-electron chi connectivity index (χ4n) is 8.81. The SMILES string of the molecule is C[C@H](O[C@@H]1C[C@@H](O)[C@H](O)[C@@H](C)O1)[C@@]1(O)CC[C@H]2[C@@H]3CC=C4C[C@@H](O)CC[C@]4(C)[C@H]3CC[C@@]21C. The van der Waals surface area contributed by atoms with E-state index in [4.69, 9.17) is 9.47 Å². The molecule has 4 fully saturated rings. The van der Waals surface area contributed by atoms with Crippen LogP contribution in [-0.2, 0) is 9.47 Å². The third-order valence-electron chi connectivity index (χ3n) is 11.0. The fraction of sp³-hybridized carbons (Fsp3) is 0.926. The molecule has 33 heavy (non-hydrogen) atoms. The predicted molar refractivity (Wildman–Crippen MR) is 124 cm³/mol. The second kappa shape index (κ2) is 8.28. The van der Waals surface area contributed by atoms with Crippen molar-refractivity contribution in [3.05, 3.63) is 11.6 Å². The van der Waals surface area contributed by atoms with Crippen LogP contribution in [0.15, 0.2) is 11.6 Å². The highest BCUT2D eigenvalue weighted by Gasteiger charge is 2.65. The van der Waals surface area contributed by atoms with Crippen LogP contribution in [0.2, 0.25) is 0 Å². The monoisotopic (exact) mass is 464 g/mol. The maximum absolute atomic E-state index is 12.1. The van der Waals surface area contributed by atoms with Gasteiger partial charge in [0.1, 0.15) is 6.10 Å². The molecule has 6 nitrogen and oxygen atoms in total. The van der Waals surface area contributed by atoms with Gasteiger partial charge in [-0.2, -0.15) is 0 Å². The van der Waals surface area contributed by atoms with Gasteiger partial charge in [0.05, 0.1) is 30.0 Å². The van der Waals surface area contributed by atoms with E-state index in [2.05, 4.69) is 19.9 Å². The van der Waals surface area contributed by atoms with Crippen LogP contribution in [0.3, 0.4) is 0 Å². The topological polar surface area (TPSA) is 99.4 Å². The van der Waals surface area contributed by atoms with Crippen LogP contribution in [0.1, 0.15) is 85.5 Å². The summed E-state index contributed by atoms with van der Waals surface area (Å²) in [5.41, 5.74) is 0.501. The zero-order chi connectivity index (χ0) is 23.8. The van der Waals surface area contributed by atoms with Crippen molar-refractivity contribution in [2.24, 2.45) is 28.6 Å². The van der Waals surface area contributed by atoms with Crippen molar-refractivity contribution in [3.8, 4) is 0 Å². The first-order valence-electron chi connectivity index (χ1n) is 13.3. The molecule has 0 aromatic heterocycles. The number of fused-ring (bicyclic) bond motifs is 5. The molecule has 1 saturated heterocycles. The van der Waals surface area contributed by atoms with Gasteiger partial charge in [-0.1, -0.05) is 25.5 Å². The van der Waals surface area contributed by atoms with Crippen molar-refractivity contribution in [2.45, 2.75) is 128 Å². The van der Waals surface area contributed by atoms with Gasteiger partial charge in [-0.3, -0.25) is 0 Å². The number of aliphatic hydroxyl groups excluding tert-OH is 3. The fourth-order valence-corrected chi connectivity index (χ4v) is 8.81. The van der Waals surface area contributed by atoms with Crippen LogP contribution in [-0.4, -0.2) is 62.8 Å². The first-order chi connectivity index (χ1) is 15.5. The highest BCUT2D eigenvalue weighted by atomic mass is 16.7. The highest BCUT2D eigenvalue weighted by Crippen LogP contribution is 2.67. The number of rotatable bonds is 3. The van der Waals surface area contributed by atoms with E-state index >= 15 is 0 Å². The van der Waals surface area contributed by atoms with E-state index in [-0.39, 0.29) is 23.4 Å². The molecular formula is C27H44O6. The molecule has 1 aliphatic heterocycles. The second-order valence-electron chi connectivity index (χ2n) is 12.4. The predicted octanol–water partition coefficient (Wildman–Crippen LogP) is 3.30. The quantitative estimate of drug-likeness (QED) is 0.479. The first kappa shape index (κ1) is 24.2. The van der Waals surface area contributed by atoms with Gasteiger partial charge in [-0.25, -0.2) is 0 Å². The maximum Gasteiger partial charge on any atom is 0.161 e. The van der Waals surface area contributed by atoms with Gasteiger partial charge in [0.2, 0.25) is 0 Å². The van der Waals surface area contributed by atoms with Crippen LogP contribution in [0.4, 0.5) is 0 Å². The summed E-state index contributed by atoms with van der Waals surface area (Å²) in [6.07, 6.45) is 6.81. The molecule has 4 aliphatic carbocycles. The number of ether oxygens (including phenoxy) is 2. The summed E-state index contributed by atoms with van der Waals surface area (Å²) in [4.78, 5) is 0. The third-order valence-corrected chi connectivity index (χ3v) is 11.0. The van der Waals surface area contributed by atoms with Crippen molar-refractivity contribution in [1.82, 2.24) is 0 Å². The Balaban J connectivity index is 1.34. The van der Waals surface area contributed by atoms with Crippen molar-refractivity contribution in [3.63, 3.8) is 0 Å². The number of hydrogen-bond acceptors (Lipinski definition) is 6. The van der Waals surface area contributed by atoms with E-state index in [0.29, 0.717) is 17.8 Å². The van der Waals surface area contributed by atoms with E-state index < -0.39 is 36.3 Å². The molecule has 5 aliphatic rings. The lowest BCUT2D eigenvalue weighted by Gasteiger charge is -2.59. The summed E-state index contributed by atoms with van der Waals surface area (Å²) in [5.74, 6) is 1.64. The molecule has 0 radical (unpaired) electrons. The highest BCUT2D eigenvalue weighted by molar-refractivity contribution is 5.26. The Hall–Kier alpha value is -0.500. The zero-order valence-corrected chi connectivity index (χ0v) is 20.7. The molecule has 0 unspecified atom stereocenters. The minimum absolute atomic E-state index is 0.186. The minimum Gasteiger partial charge on any atom is -0.393 e. The Bertz CT molecular complexity index is 773.